The molecule has 1 aliphatic rings. The zero-order valence-electron chi connectivity index (χ0n) is 15.5. The highest BCUT2D eigenvalue weighted by Crippen LogP contribution is 2.34. The number of hydrogen-bond acceptors (Lipinski definition) is 4. The van der Waals surface area contributed by atoms with Crippen LogP contribution < -0.4 is 5.32 Å². The number of rotatable bonds is 4. The van der Waals surface area contributed by atoms with E-state index in [1.165, 1.54) is 7.11 Å². The summed E-state index contributed by atoms with van der Waals surface area (Å²) in [4.78, 5) is 34.5. The number of fused-ring (bicyclic) bond motifs is 1. The maximum Gasteiger partial charge on any atom is 0.328 e. The lowest BCUT2D eigenvalue weighted by atomic mass is 9.96. The Morgan fingerprint density at radius 3 is 2.67 bits per heavy atom. The number of esters is 1. The first-order valence-electron chi connectivity index (χ1n) is 8.85. The molecule has 1 aromatic heterocycles. The number of benzene rings is 1. The van der Waals surface area contributed by atoms with Crippen molar-refractivity contribution in [2.75, 3.05) is 13.7 Å². The van der Waals surface area contributed by atoms with Gasteiger partial charge in [0.2, 0.25) is 0 Å². The van der Waals surface area contributed by atoms with E-state index in [1.807, 2.05) is 38.1 Å². The van der Waals surface area contributed by atoms with Crippen LogP contribution in [0.4, 0.5) is 4.79 Å². The second-order valence-corrected chi connectivity index (χ2v) is 7.77. The second-order valence-electron chi connectivity index (χ2n) is 6.86. The Morgan fingerprint density at radius 2 is 2.04 bits per heavy atom. The fourth-order valence-electron chi connectivity index (χ4n) is 3.32. The Hall–Kier alpha value is -2.35. The van der Waals surface area contributed by atoms with Crippen LogP contribution in [0.1, 0.15) is 36.8 Å². The predicted octanol–water partition coefficient (Wildman–Crippen LogP) is 3.03. The van der Waals surface area contributed by atoms with Gasteiger partial charge in [0.15, 0.2) is 0 Å². The number of aromatic amines is 1. The van der Waals surface area contributed by atoms with Gasteiger partial charge in [-0.25, -0.2) is 14.6 Å². The van der Waals surface area contributed by atoms with Crippen LogP contribution in [0.3, 0.4) is 0 Å². The van der Waals surface area contributed by atoms with Gasteiger partial charge < -0.3 is 19.9 Å². The Balaban J connectivity index is 1.91. The Bertz CT molecular complexity index is 819. The number of carbonyl (C=O) groups excluding carboxylic acids is 2. The molecule has 27 heavy (non-hydrogen) atoms. The molecule has 3 rings (SSSR count). The van der Waals surface area contributed by atoms with E-state index >= 15 is 0 Å². The molecule has 2 heterocycles. The van der Waals surface area contributed by atoms with Crippen molar-refractivity contribution in [3.63, 3.8) is 0 Å². The lowest BCUT2D eigenvalue weighted by Crippen LogP contribution is -2.53. The molecule has 2 aromatic rings. The molecule has 2 amide bonds. The van der Waals surface area contributed by atoms with Crippen molar-refractivity contribution in [2.24, 2.45) is 5.92 Å². The number of aromatic nitrogens is 2. The van der Waals surface area contributed by atoms with Gasteiger partial charge in [0.1, 0.15) is 12.1 Å². The monoisotopic (exact) mass is 434 g/mol. The summed E-state index contributed by atoms with van der Waals surface area (Å²) in [6, 6.07) is 6.50. The van der Waals surface area contributed by atoms with Crippen LogP contribution in [0.2, 0.25) is 0 Å². The van der Waals surface area contributed by atoms with Crippen LogP contribution in [0, 0.1) is 5.92 Å². The Morgan fingerprint density at radius 1 is 1.33 bits per heavy atom. The van der Waals surface area contributed by atoms with Gasteiger partial charge in [0, 0.05) is 23.1 Å². The van der Waals surface area contributed by atoms with Crippen LogP contribution in [0.5, 0.6) is 0 Å². The molecular weight excluding hydrogens is 412 g/mol. The number of methoxy groups -OCH3 is 1. The molecule has 7 nitrogen and oxygen atoms in total. The minimum Gasteiger partial charge on any atom is -0.467 e. The number of nitrogens with zero attached hydrogens (tertiary/aromatic N) is 2. The molecule has 8 heteroatoms. The average molecular weight is 435 g/mol. The molecule has 0 unspecified atom stereocenters. The highest BCUT2D eigenvalue weighted by Gasteiger charge is 2.36. The number of urea groups is 1. The van der Waals surface area contributed by atoms with Crippen molar-refractivity contribution in [1.29, 1.82) is 0 Å². The molecule has 0 radical (unpaired) electrons. The molecular formula is C19H23BrN4O3. The molecule has 144 valence electrons. The van der Waals surface area contributed by atoms with Crippen molar-refractivity contribution in [1.82, 2.24) is 20.2 Å². The highest BCUT2D eigenvalue weighted by atomic mass is 79.9. The van der Waals surface area contributed by atoms with E-state index in [0.29, 0.717) is 13.0 Å². The summed E-state index contributed by atoms with van der Waals surface area (Å²) in [5.74, 6) is -0.533. The molecule has 0 fully saturated rings. The standard InChI is InChI=1S/C19H23BrN4O3/c1-11(2)15(18(25)27-3)23-19(26)24-9-8-14-16(22-10-21-14)17(24)12-4-6-13(20)7-5-12/h4-7,10-11,15,17H,8-9H2,1-3H3,(H,21,22)(H,23,26)/t15-,17+/m0/s1. The summed E-state index contributed by atoms with van der Waals surface area (Å²) in [6.07, 6.45) is 2.34. The first-order valence-corrected chi connectivity index (χ1v) is 9.64. The normalized spacial score (nSPS) is 17.4. The van der Waals surface area contributed by atoms with E-state index in [2.05, 4.69) is 31.2 Å². The van der Waals surface area contributed by atoms with E-state index in [-0.39, 0.29) is 18.0 Å². The van der Waals surface area contributed by atoms with Gasteiger partial charge in [0.25, 0.3) is 0 Å². The van der Waals surface area contributed by atoms with E-state index < -0.39 is 12.0 Å². The van der Waals surface area contributed by atoms with Crippen molar-refractivity contribution < 1.29 is 14.3 Å². The minimum atomic E-state index is -0.700. The molecule has 0 saturated heterocycles. The largest absolute Gasteiger partial charge is 0.467 e. The minimum absolute atomic E-state index is 0.0849. The van der Waals surface area contributed by atoms with Gasteiger partial charge in [-0.05, 0) is 23.6 Å². The number of imidazole rings is 1. The molecule has 0 aliphatic carbocycles. The smallest absolute Gasteiger partial charge is 0.328 e. The van der Waals surface area contributed by atoms with E-state index in [4.69, 9.17) is 4.74 Å². The first kappa shape index (κ1) is 19.4. The van der Waals surface area contributed by atoms with Crippen molar-refractivity contribution in [2.45, 2.75) is 32.4 Å². The van der Waals surface area contributed by atoms with Gasteiger partial charge in [0.05, 0.1) is 19.1 Å². The lowest BCUT2D eigenvalue weighted by Gasteiger charge is -2.36. The summed E-state index contributed by atoms with van der Waals surface area (Å²) in [5, 5.41) is 2.84. The van der Waals surface area contributed by atoms with Gasteiger partial charge in [-0.3, -0.25) is 0 Å². The van der Waals surface area contributed by atoms with Gasteiger partial charge in [-0.15, -0.1) is 0 Å². The van der Waals surface area contributed by atoms with Crippen molar-refractivity contribution in [3.05, 3.63) is 52.0 Å². The average Bonchev–Trinajstić information content (AvgIpc) is 3.13. The number of H-pyrrole nitrogens is 1. The van der Waals surface area contributed by atoms with Crippen LogP contribution in [0.25, 0.3) is 0 Å². The molecule has 0 bridgehead atoms. The number of ether oxygens (including phenoxy) is 1. The maximum absolute atomic E-state index is 13.1. The van der Waals surface area contributed by atoms with Crippen LogP contribution in [-0.4, -0.2) is 46.6 Å². The predicted molar refractivity (Wildman–Crippen MR) is 104 cm³/mol. The molecule has 0 spiro atoms. The number of halogens is 1. The van der Waals surface area contributed by atoms with Crippen molar-refractivity contribution >= 4 is 27.9 Å². The fraction of sp³-hybridized carbons (Fsp3) is 0.421. The SMILES string of the molecule is COC(=O)[C@@H](NC(=O)N1CCc2[nH]cnc2[C@H]1c1ccc(Br)cc1)C(C)C. The molecule has 1 aliphatic heterocycles. The Labute approximate surface area is 166 Å². The topological polar surface area (TPSA) is 87.3 Å². The summed E-state index contributed by atoms with van der Waals surface area (Å²) in [5.41, 5.74) is 2.82. The summed E-state index contributed by atoms with van der Waals surface area (Å²) in [6.45, 7) is 4.26. The number of hydrogen-bond donors (Lipinski definition) is 2. The molecule has 2 N–H and O–H groups in total. The lowest BCUT2D eigenvalue weighted by molar-refractivity contribution is -0.144. The van der Waals surface area contributed by atoms with Crippen LogP contribution >= 0.6 is 15.9 Å². The zero-order chi connectivity index (χ0) is 19.6. The molecule has 2 atom stereocenters. The first-order chi connectivity index (χ1) is 12.9. The third-order valence-corrected chi connectivity index (χ3v) is 5.30. The van der Waals surface area contributed by atoms with Gasteiger partial charge in [-0.2, -0.15) is 0 Å². The van der Waals surface area contributed by atoms with Gasteiger partial charge >= 0.3 is 12.0 Å². The quantitative estimate of drug-likeness (QED) is 0.723. The summed E-state index contributed by atoms with van der Waals surface area (Å²) in [7, 11) is 1.32. The number of amides is 2. The van der Waals surface area contributed by atoms with Crippen molar-refractivity contribution in [3.8, 4) is 0 Å². The maximum atomic E-state index is 13.1. The Kier molecular flexibility index (Phi) is 5.84. The molecule has 1 aromatic carbocycles. The summed E-state index contributed by atoms with van der Waals surface area (Å²) < 4.78 is 5.80. The van der Waals surface area contributed by atoms with Crippen LogP contribution in [-0.2, 0) is 16.0 Å². The molecule has 0 saturated carbocycles. The third-order valence-electron chi connectivity index (χ3n) is 4.77. The third kappa shape index (κ3) is 4.00. The fourth-order valence-corrected chi connectivity index (χ4v) is 3.58. The van der Waals surface area contributed by atoms with E-state index in [0.717, 1.165) is 21.4 Å². The second kappa shape index (κ2) is 8.12. The number of carbonyl (C=O) groups is 2. The van der Waals surface area contributed by atoms with Crippen LogP contribution in [0.15, 0.2) is 35.1 Å². The number of nitrogens with one attached hydrogen (secondary N) is 2. The summed E-state index contributed by atoms with van der Waals surface area (Å²) >= 11 is 3.44. The highest BCUT2D eigenvalue weighted by molar-refractivity contribution is 9.10. The zero-order valence-corrected chi connectivity index (χ0v) is 17.1. The van der Waals surface area contributed by atoms with Gasteiger partial charge in [-0.1, -0.05) is 41.9 Å². The van der Waals surface area contributed by atoms with E-state index in [1.54, 1.807) is 11.2 Å². The van der Waals surface area contributed by atoms with E-state index in [9.17, 15) is 9.59 Å².